The molecule has 1 saturated heterocycles. The van der Waals surface area contributed by atoms with Crippen LogP contribution in [-0.4, -0.2) is 36.6 Å². The average molecular weight is 272 g/mol. The minimum Gasteiger partial charge on any atom is -0.352 e. The van der Waals surface area contributed by atoms with Gasteiger partial charge in [0.1, 0.15) is 0 Å². The van der Waals surface area contributed by atoms with Crippen LogP contribution < -0.4 is 10.6 Å². The van der Waals surface area contributed by atoms with E-state index in [1.54, 1.807) is 0 Å². The quantitative estimate of drug-likeness (QED) is 0.747. The van der Waals surface area contributed by atoms with Gasteiger partial charge in [0.25, 0.3) is 5.92 Å². The highest BCUT2D eigenvalue weighted by atomic mass is 19.4. The van der Waals surface area contributed by atoms with Crippen molar-refractivity contribution in [3.05, 3.63) is 0 Å². The lowest BCUT2D eigenvalue weighted by Gasteiger charge is -2.37. The summed E-state index contributed by atoms with van der Waals surface area (Å²) in [5, 5.41) is 4.72. The third kappa shape index (κ3) is 2.90. The van der Waals surface area contributed by atoms with Crippen molar-refractivity contribution < 1.29 is 26.7 Å². The van der Waals surface area contributed by atoms with Gasteiger partial charge in [-0.2, -0.15) is 13.2 Å². The molecule has 1 amide bonds. The third-order valence-corrected chi connectivity index (χ3v) is 3.37. The number of rotatable bonds is 2. The largest absolute Gasteiger partial charge is 0.391 e. The summed E-state index contributed by atoms with van der Waals surface area (Å²) in [4.78, 5) is 11.5. The summed E-state index contributed by atoms with van der Waals surface area (Å²) >= 11 is 0. The van der Waals surface area contributed by atoms with Crippen LogP contribution in [0.3, 0.4) is 0 Å². The number of hydrogen-bond acceptors (Lipinski definition) is 2. The molecule has 1 heterocycles. The third-order valence-electron chi connectivity index (χ3n) is 3.37. The molecule has 0 aromatic heterocycles. The first-order chi connectivity index (χ1) is 8.17. The Labute approximate surface area is 100 Å². The van der Waals surface area contributed by atoms with E-state index in [1.165, 1.54) is 0 Å². The fraction of sp³-hybridized carbons (Fsp3) is 0.900. The molecule has 0 radical (unpaired) electrons. The molecule has 1 aliphatic carbocycles. The molecule has 3 nitrogen and oxygen atoms in total. The molecule has 104 valence electrons. The summed E-state index contributed by atoms with van der Waals surface area (Å²) in [7, 11) is 0. The van der Waals surface area contributed by atoms with E-state index in [0.29, 0.717) is 0 Å². The van der Waals surface area contributed by atoms with Crippen molar-refractivity contribution in [1.29, 1.82) is 0 Å². The van der Waals surface area contributed by atoms with Crippen molar-refractivity contribution in [3.63, 3.8) is 0 Å². The van der Waals surface area contributed by atoms with E-state index in [9.17, 15) is 26.7 Å². The van der Waals surface area contributed by atoms with Crippen molar-refractivity contribution in [2.24, 2.45) is 5.92 Å². The molecule has 0 aromatic rings. The first-order valence-corrected chi connectivity index (χ1v) is 5.66. The molecular weight excluding hydrogens is 259 g/mol. The lowest BCUT2D eigenvalue weighted by molar-refractivity contribution is -0.199. The first-order valence-electron chi connectivity index (χ1n) is 5.66. The Kier molecular flexibility index (Phi) is 3.25. The van der Waals surface area contributed by atoms with Crippen LogP contribution in [0.4, 0.5) is 22.0 Å². The molecule has 0 bridgehead atoms. The van der Waals surface area contributed by atoms with Gasteiger partial charge in [0.15, 0.2) is 0 Å². The molecule has 18 heavy (non-hydrogen) atoms. The zero-order chi connectivity index (χ0) is 13.6. The fourth-order valence-electron chi connectivity index (χ4n) is 2.21. The molecule has 2 aliphatic rings. The Hall–Kier alpha value is -0.920. The van der Waals surface area contributed by atoms with Crippen LogP contribution >= 0.6 is 0 Å². The van der Waals surface area contributed by atoms with Crippen LogP contribution in [0.15, 0.2) is 0 Å². The number of alkyl halides is 5. The highest BCUT2D eigenvalue weighted by Gasteiger charge is 2.49. The van der Waals surface area contributed by atoms with Crippen LogP contribution in [0.5, 0.6) is 0 Å². The molecule has 2 N–H and O–H groups in total. The molecule has 0 aromatic carbocycles. The summed E-state index contributed by atoms with van der Waals surface area (Å²) < 4.78 is 62.2. The van der Waals surface area contributed by atoms with Gasteiger partial charge in [0, 0.05) is 12.5 Å². The standard InChI is InChI=1S/C10H13F5N2O/c11-9(12)3-7(16-4-9)8(18)17-6-1-5(2-6)10(13,14)15/h5-7,16H,1-4H2,(H,17,18)/t5-,6-,7-/m1/s1. The summed E-state index contributed by atoms with van der Waals surface area (Å²) in [5.41, 5.74) is 0. The van der Waals surface area contributed by atoms with E-state index in [2.05, 4.69) is 10.6 Å². The van der Waals surface area contributed by atoms with E-state index < -0.39 is 49.0 Å². The Bertz CT molecular complexity index is 338. The van der Waals surface area contributed by atoms with Gasteiger partial charge in [0.2, 0.25) is 5.91 Å². The van der Waals surface area contributed by atoms with Crippen LogP contribution in [0.2, 0.25) is 0 Å². The van der Waals surface area contributed by atoms with Crippen molar-refractivity contribution >= 4 is 5.91 Å². The summed E-state index contributed by atoms with van der Waals surface area (Å²) in [6.07, 6.45) is -5.18. The van der Waals surface area contributed by atoms with Crippen molar-refractivity contribution in [2.45, 2.75) is 43.4 Å². The predicted molar refractivity (Wildman–Crippen MR) is 52.1 cm³/mol. The summed E-state index contributed by atoms with van der Waals surface area (Å²) in [6.45, 7) is -0.569. The predicted octanol–water partition coefficient (Wildman–Crippen LogP) is 1.44. The molecule has 2 rings (SSSR count). The summed E-state index contributed by atoms with van der Waals surface area (Å²) in [6, 6.07) is -1.56. The second kappa shape index (κ2) is 4.32. The molecule has 1 saturated carbocycles. The minimum atomic E-state index is -4.24. The van der Waals surface area contributed by atoms with Crippen molar-refractivity contribution in [1.82, 2.24) is 10.6 Å². The van der Waals surface area contributed by atoms with Gasteiger partial charge in [-0.25, -0.2) is 8.78 Å². The number of halogens is 5. The second-order valence-corrected chi connectivity index (χ2v) is 4.91. The maximum Gasteiger partial charge on any atom is 0.391 e. The Morgan fingerprint density at radius 3 is 2.33 bits per heavy atom. The number of amides is 1. The van der Waals surface area contributed by atoms with E-state index in [4.69, 9.17) is 0 Å². The lowest BCUT2D eigenvalue weighted by atomic mass is 9.79. The molecule has 0 unspecified atom stereocenters. The smallest absolute Gasteiger partial charge is 0.352 e. The molecule has 1 aliphatic heterocycles. The van der Waals surface area contributed by atoms with E-state index in [-0.39, 0.29) is 12.8 Å². The van der Waals surface area contributed by atoms with Crippen LogP contribution in [0.1, 0.15) is 19.3 Å². The van der Waals surface area contributed by atoms with Gasteiger partial charge in [-0.1, -0.05) is 0 Å². The highest BCUT2D eigenvalue weighted by Crippen LogP contribution is 2.41. The molecule has 8 heteroatoms. The molecule has 2 fully saturated rings. The normalized spacial score (nSPS) is 35.1. The number of carbonyl (C=O) groups is 1. The SMILES string of the molecule is O=C(N[C@H]1C[C@H](C(F)(F)F)C1)[C@H]1CC(F)(F)CN1. The van der Waals surface area contributed by atoms with Crippen LogP contribution in [0, 0.1) is 5.92 Å². The molecule has 1 atom stereocenters. The van der Waals surface area contributed by atoms with Gasteiger partial charge >= 0.3 is 6.18 Å². The highest BCUT2D eigenvalue weighted by molar-refractivity contribution is 5.82. The lowest BCUT2D eigenvalue weighted by Crippen LogP contribution is -2.52. The fourth-order valence-corrected chi connectivity index (χ4v) is 2.21. The van der Waals surface area contributed by atoms with Gasteiger partial charge in [-0.15, -0.1) is 0 Å². The maximum absolute atomic E-state index is 12.8. The van der Waals surface area contributed by atoms with Crippen LogP contribution in [-0.2, 0) is 4.79 Å². The van der Waals surface area contributed by atoms with Gasteiger partial charge < -0.3 is 5.32 Å². The monoisotopic (exact) mass is 272 g/mol. The van der Waals surface area contributed by atoms with Gasteiger partial charge in [-0.3, -0.25) is 10.1 Å². The van der Waals surface area contributed by atoms with E-state index in [1.807, 2.05) is 0 Å². The number of nitrogens with one attached hydrogen (secondary N) is 2. The first kappa shape index (κ1) is 13.5. The van der Waals surface area contributed by atoms with Crippen molar-refractivity contribution in [3.8, 4) is 0 Å². The van der Waals surface area contributed by atoms with Gasteiger partial charge in [0.05, 0.1) is 18.5 Å². The Morgan fingerprint density at radius 1 is 1.28 bits per heavy atom. The number of carbonyl (C=O) groups excluding carboxylic acids is 1. The van der Waals surface area contributed by atoms with E-state index in [0.717, 1.165) is 0 Å². The average Bonchev–Trinajstić information content (AvgIpc) is 2.49. The second-order valence-electron chi connectivity index (χ2n) is 4.91. The zero-order valence-corrected chi connectivity index (χ0v) is 9.36. The molecular formula is C10H13F5N2O. The number of hydrogen-bond donors (Lipinski definition) is 2. The van der Waals surface area contributed by atoms with Crippen molar-refractivity contribution in [2.75, 3.05) is 6.54 Å². The minimum absolute atomic E-state index is 0.168. The topological polar surface area (TPSA) is 41.1 Å². The van der Waals surface area contributed by atoms with Crippen LogP contribution in [0.25, 0.3) is 0 Å². The maximum atomic E-state index is 12.8. The zero-order valence-electron chi connectivity index (χ0n) is 9.36. The van der Waals surface area contributed by atoms with Gasteiger partial charge in [-0.05, 0) is 12.8 Å². The Balaban J connectivity index is 1.74. The molecule has 0 spiro atoms. The van der Waals surface area contributed by atoms with E-state index >= 15 is 0 Å². The summed E-state index contributed by atoms with van der Waals surface area (Å²) in [5.74, 6) is -4.95. The Morgan fingerprint density at radius 2 is 1.89 bits per heavy atom.